The monoisotopic (exact) mass is 730 g/mol. The molecule has 0 radical (unpaired) electrons. The Bertz CT molecular complexity index is 3090. The van der Waals surface area contributed by atoms with E-state index in [1.165, 1.54) is 54.6 Å². The first kappa shape index (κ1) is 34.0. The number of aliphatic imine (C=N–C) groups is 1. The molecule has 0 amide bonds. The smallest absolute Gasteiger partial charge is 0.135 e. The number of fused-ring (bicyclic) bond motifs is 5. The third-order valence-electron chi connectivity index (χ3n) is 11.0. The molecule has 0 unspecified atom stereocenters. The number of para-hydroxylation sites is 1. The van der Waals surface area contributed by atoms with Gasteiger partial charge >= 0.3 is 0 Å². The second kappa shape index (κ2) is 14.6. The topological polar surface area (TPSA) is 51.5 Å². The van der Waals surface area contributed by atoms with Gasteiger partial charge in [-0.15, -0.1) is 0 Å². The molecule has 270 valence electrons. The average molecular weight is 731 g/mol. The summed E-state index contributed by atoms with van der Waals surface area (Å²) < 4.78 is 6.13. The van der Waals surface area contributed by atoms with Gasteiger partial charge in [0.2, 0.25) is 0 Å². The molecule has 0 aliphatic carbocycles. The van der Waals surface area contributed by atoms with Gasteiger partial charge < -0.3 is 10.2 Å². The molecule has 57 heavy (non-hydrogen) atoms. The van der Waals surface area contributed by atoms with Gasteiger partial charge in [-0.2, -0.15) is 0 Å². The van der Waals surface area contributed by atoms with Crippen LogP contribution in [0.2, 0.25) is 0 Å². The minimum Gasteiger partial charge on any atom is -0.456 e. The van der Waals surface area contributed by atoms with Crippen LogP contribution in [0.25, 0.3) is 82.6 Å². The summed E-state index contributed by atoms with van der Waals surface area (Å²) in [6.45, 7) is 0. The van der Waals surface area contributed by atoms with E-state index in [0.717, 1.165) is 44.7 Å². The van der Waals surface area contributed by atoms with Crippen molar-refractivity contribution in [2.45, 2.75) is 6.42 Å². The summed E-state index contributed by atoms with van der Waals surface area (Å²) in [5.41, 5.74) is 17.3. The number of furan rings is 1. The molecular weight excluding hydrogens is 693 g/mol. The van der Waals surface area contributed by atoms with Crippen molar-refractivity contribution in [1.82, 2.24) is 0 Å². The molecular formula is C54H38N2O. The van der Waals surface area contributed by atoms with Gasteiger partial charge in [0.15, 0.2) is 0 Å². The maximum Gasteiger partial charge on any atom is 0.135 e. The van der Waals surface area contributed by atoms with Crippen LogP contribution in [0.5, 0.6) is 0 Å². The highest BCUT2D eigenvalue weighted by atomic mass is 16.3. The number of hydrogen-bond donors (Lipinski definition) is 1. The lowest BCUT2D eigenvalue weighted by Crippen LogP contribution is -2.13. The largest absolute Gasteiger partial charge is 0.456 e. The second-order valence-corrected chi connectivity index (χ2v) is 14.5. The Morgan fingerprint density at radius 3 is 1.81 bits per heavy atom. The first-order valence-corrected chi connectivity index (χ1v) is 19.4. The molecule has 10 aromatic rings. The van der Waals surface area contributed by atoms with Crippen LogP contribution in [0.4, 0.5) is 0 Å². The van der Waals surface area contributed by atoms with Crippen LogP contribution in [0.1, 0.15) is 16.7 Å². The van der Waals surface area contributed by atoms with Gasteiger partial charge in [0.1, 0.15) is 17.2 Å². The van der Waals surface area contributed by atoms with Gasteiger partial charge in [-0.3, -0.25) is 0 Å². The third kappa shape index (κ3) is 6.45. The Balaban J connectivity index is 1.08. The van der Waals surface area contributed by atoms with Crippen molar-refractivity contribution >= 4 is 54.8 Å². The standard InChI is InChI=1S/C54H38N2O/c55-54(42-16-5-2-6-17-42)56-48(34-25-36-23-26-39(27-24-36)50-35-43-18-8-12-22-49(43)57-50)38-28-30-41(31-29-38)52-46-21-11-10-20-45(46)51(40-14-3-1-4-15-40)47-33-32-37-13-7-9-19-44(37)53(47)52/h1-24,26-35H,25H2,(H2,55,56)/b48-34-. The highest BCUT2D eigenvalue weighted by Crippen LogP contribution is 2.46. The van der Waals surface area contributed by atoms with E-state index in [0.29, 0.717) is 12.3 Å². The van der Waals surface area contributed by atoms with Gasteiger partial charge in [-0.25, -0.2) is 4.99 Å². The Morgan fingerprint density at radius 1 is 0.474 bits per heavy atom. The van der Waals surface area contributed by atoms with Gasteiger partial charge in [0.25, 0.3) is 0 Å². The van der Waals surface area contributed by atoms with E-state index in [1.54, 1.807) is 0 Å². The van der Waals surface area contributed by atoms with Crippen LogP contribution in [-0.2, 0) is 6.42 Å². The fourth-order valence-electron chi connectivity index (χ4n) is 8.15. The summed E-state index contributed by atoms with van der Waals surface area (Å²) in [7, 11) is 0. The summed E-state index contributed by atoms with van der Waals surface area (Å²) in [5, 5.41) is 8.51. The molecule has 0 aliphatic heterocycles. The van der Waals surface area contributed by atoms with E-state index in [2.05, 4.69) is 158 Å². The summed E-state index contributed by atoms with van der Waals surface area (Å²) in [6.07, 6.45) is 2.86. The van der Waals surface area contributed by atoms with Gasteiger partial charge in [-0.1, -0.05) is 194 Å². The summed E-state index contributed by atoms with van der Waals surface area (Å²) in [5.74, 6) is 1.34. The van der Waals surface area contributed by atoms with Crippen LogP contribution in [-0.4, -0.2) is 5.84 Å². The highest BCUT2D eigenvalue weighted by molar-refractivity contribution is 6.27. The molecule has 0 aliphatic rings. The number of rotatable bonds is 8. The first-order valence-electron chi connectivity index (χ1n) is 19.4. The van der Waals surface area contributed by atoms with Crippen molar-refractivity contribution in [2.75, 3.05) is 0 Å². The SMILES string of the molecule is NC(=N/C(=C\Cc1ccc(-c2cc3ccccc3o2)cc1)c1ccc(-c2c3ccccc3c(-c3ccccc3)c3ccc4ccccc4c23)cc1)c1ccccc1. The van der Waals surface area contributed by atoms with E-state index >= 15 is 0 Å². The number of nitrogens with zero attached hydrogens (tertiary/aromatic N) is 1. The van der Waals surface area contributed by atoms with Crippen LogP contribution in [0.3, 0.4) is 0 Å². The molecule has 0 spiro atoms. The first-order chi connectivity index (χ1) is 28.2. The van der Waals surface area contributed by atoms with E-state index in [-0.39, 0.29) is 0 Å². The number of allylic oxidation sites excluding steroid dienone is 1. The third-order valence-corrected chi connectivity index (χ3v) is 11.0. The molecule has 0 saturated carbocycles. The molecule has 3 nitrogen and oxygen atoms in total. The normalized spacial score (nSPS) is 12.2. The van der Waals surface area contributed by atoms with Crippen molar-refractivity contribution in [3.8, 4) is 33.6 Å². The average Bonchev–Trinajstić information content (AvgIpc) is 3.72. The molecule has 1 aromatic heterocycles. The van der Waals surface area contributed by atoms with E-state index in [4.69, 9.17) is 15.1 Å². The molecule has 3 heteroatoms. The lowest BCUT2D eigenvalue weighted by atomic mass is 9.84. The Labute approximate surface area is 331 Å². The minimum absolute atomic E-state index is 0.478. The molecule has 9 aromatic carbocycles. The Morgan fingerprint density at radius 2 is 1.07 bits per heavy atom. The maximum absolute atomic E-state index is 6.68. The number of hydrogen-bond acceptors (Lipinski definition) is 2. The van der Waals surface area contributed by atoms with Crippen molar-refractivity contribution < 1.29 is 4.42 Å². The number of nitrogens with two attached hydrogens (primary N) is 1. The molecule has 2 N–H and O–H groups in total. The maximum atomic E-state index is 6.68. The summed E-state index contributed by atoms with van der Waals surface area (Å²) >= 11 is 0. The van der Waals surface area contributed by atoms with E-state index < -0.39 is 0 Å². The zero-order valence-corrected chi connectivity index (χ0v) is 31.3. The van der Waals surface area contributed by atoms with Crippen LogP contribution < -0.4 is 5.73 Å². The zero-order chi connectivity index (χ0) is 38.1. The molecule has 0 atom stereocenters. The van der Waals surface area contributed by atoms with Gasteiger partial charge in [-0.05, 0) is 84.3 Å². The number of benzene rings is 9. The van der Waals surface area contributed by atoms with Crippen molar-refractivity contribution in [1.29, 1.82) is 0 Å². The summed E-state index contributed by atoms with van der Waals surface area (Å²) in [4.78, 5) is 5.05. The van der Waals surface area contributed by atoms with E-state index in [1.807, 2.05) is 48.5 Å². The van der Waals surface area contributed by atoms with Gasteiger partial charge in [0, 0.05) is 16.5 Å². The van der Waals surface area contributed by atoms with Crippen molar-refractivity contribution in [3.63, 3.8) is 0 Å². The lowest BCUT2D eigenvalue weighted by molar-refractivity contribution is 0.631. The van der Waals surface area contributed by atoms with Crippen LogP contribution in [0.15, 0.2) is 216 Å². The predicted molar refractivity (Wildman–Crippen MR) is 240 cm³/mol. The van der Waals surface area contributed by atoms with Crippen LogP contribution >= 0.6 is 0 Å². The molecule has 10 rings (SSSR count). The van der Waals surface area contributed by atoms with E-state index in [9.17, 15) is 0 Å². The quantitative estimate of drug-likeness (QED) is 0.0732. The summed E-state index contributed by atoms with van der Waals surface area (Å²) in [6, 6.07) is 70.4. The fourth-order valence-corrected chi connectivity index (χ4v) is 8.15. The molecule has 0 saturated heterocycles. The second-order valence-electron chi connectivity index (χ2n) is 14.5. The lowest BCUT2D eigenvalue weighted by Gasteiger charge is -2.19. The Kier molecular flexibility index (Phi) is 8.74. The minimum atomic E-state index is 0.478. The van der Waals surface area contributed by atoms with Gasteiger partial charge in [0.05, 0.1) is 5.70 Å². The van der Waals surface area contributed by atoms with Crippen molar-refractivity contribution in [2.24, 2.45) is 10.7 Å². The predicted octanol–water partition coefficient (Wildman–Crippen LogP) is 13.9. The zero-order valence-electron chi connectivity index (χ0n) is 31.3. The molecule has 0 bridgehead atoms. The number of amidine groups is 1. The van der Waals surface area contributed by atoms with Crippen LogP contribution in [0, 0.1) is 0 Å². The fraction of sp³-hybridized carbons (Fsp3) is 0.0185. The molecule has 1 heterocycles. The van der Waals surface area contributed by atoms with Crippen molar-refractivity contribution in [3.05, 3.63) is 223 Å². The highest BCUT2D eigenvalue weighted by Gasteiger charge is 2.19. The Hall–Kier alpha value is -7.49. The molecule has 0 fully saturated rings.